The van der Waals surface area contributed by atoms with Crippen molar-refractivity contribution in [3.8, 4) is 27.9 Å². The van der Waals surface area contributed by atoms with Gasteiger partial charge in [0.1, 0.15) is 0 Å². The molecule has 10 aromatic rings. The van der Waals surface area contributed by atoms with E-state index in [1.807, 2.05) is 11.3 Å². The summed E-state index contributed by atoms with van der Waals surface area (Å²) in [6, 6.07) is 63.8. The molecule has 8 aromatic carbocycles. The van der Waals surface area contributed by atoms with E-state index >= 15 is 0 Å². The van der Waals surface area contributed by atoms with E-state index < -0.39 is 0 Å². The third kappa shape index (κ3) is 5.89. The largest absolute Gasteiger partial charge is 0.310 e. The first-order valence-corrected chi connectivity index (χ1v) is 22.8. The lowest BCUT2D eigenvalue weighted by Crippen LogP contribution is -2.21. The Morgan fingerprint density at radius 1 is 0.468 bits per heavy atom. The molecule has 0 spiro atoms. The molecule has 0 bridgehead atoms. The predicted octanol–water partition coefficient (Wildman–Crippen LogP) is 17.2. The number of thiophene rings is 1. The lowest BCUT2D eigenvalue weighted by Gasteiger charge is -2.31. The van der Waals surface area contributed by atoms with Crippen LogP contribution in [0.1, 0.15) is 77.6 Å². The molecule has 1 aliphatic rings. The number of anilines is 3. The van der Waals surface area contributed by atoms with E-state index in [-0.39, 0.29) is 16.2 Å². The number of hydrogen-bond donors (Lipinski definition) is 0. The number of rotatable bonds is 5. The highest BCUT2D eigenvalue weighted by Gasteiger charge is 2.41. The van der Waals surface area contributed by atoms with E-state index in [1.165, 1.54) is 86.5 Å². The second kappa shape index (κ2) is 13.8. The molecule has 2 heterocycles. The second-order valence-electron chi connectivity index (χ2n) is 19.8. The summed E-state index contributed by atoms with van der Waals surface area (Å²) in [5.74, 6) is 0. The molecule has 0 atom stereocenters. The summed E-state index contributed by atoms with van der Waals surface area (Å²) >= 11 is 1.87. The van der Waals surface area contributed by atoms with Crippen LogP contribution in [0.4, 0.5) is 17.1 Å². The van der Waals surface area contributed by atoms with Crippen molar-refractivity contribution < 1.29 is 0 Å². The molecule has 0 saturated carbocycles. The zero-order valence-corrected chi connectivity index (χ0v) is 37.8. The number of nitrogens with zero attached hydrogens (tertiary/aromatic N) is 2. The fraction of sp³-hybridized carbons (Fsp3) is 0.186. The Balaban J connectivity index is 1.18. The van der Waals surface area contributed by atoms with Crippen molar-refractivity contribution in [1.82, 2.24) is 4.57 Å². The summed E-state index contributed by atoms with van der Waals surface area (Å²) in [4.78, 5) is 2.51. The van der Waals surface area contributed by atoms with Crippen LogP contribution < -0.4 is 4.90 Å². The van der Waals surface area contributed by atoms with E-state index in [0.29, 0.717) is 0 Å². The zero-order chi connectivity index (χ0) is 42.7. The van der Waals surface area contributed by atoms with Gasteiger partial charge in [0, 0.05) is 59.0 Å². The minimum Gasteiger partial charge on any atom is -0.310 e. The number of hydrogen-bond acceptors (Lipinski definition) is 2. The highest BCUT2D eigenvalue weighted by Crippen LogP contribution is 2.57. The summed E-state index contributed by atoms with van der Waals surface area (Å²) in [5.41, 5.74) is 17.6. The number of fused-ring (bicyclic) bond motifs is 9. The van der Waals surface area contributed by atoms with Crippen LogP contribution in [0.3, 0.4) is 0 Å². The van der Waals surface area contributed by atoms with Crippen LogP contribution in [0, 0.1) is 0 Å². The van der Waals surface area contributed by atoms with Crippen molar-refractivity contribution in [2.75, 3.05) is 4.90 Å². The SMILES string of the molecule is CC(C)(C)c1cc(C(C)(C)C)c2c(c1)C(C)(C)c1cccc(-c3ccccc3N(c3cccc(-n4c5ccccc5c5ccccc54)c3)c3ccc4sc5ccccc5c4c3)c1-2. The van der Waals surface area contributed by atoms with Gasteiger partial charge in [0.05, 0.1) is 16.7 Å². The molecule has 0 N–H and O–H groups in total. The van der Waals surface area contributed by atoms with Crippen molar-refractivity contribution in [2.24, 2.45) is 0 Å². The molecule has 0 aliphatic heterocycles. The summed E-state index contributed by atoms with van der Waals surface area (Å²) in [5, 5.41) is 5.10. The van der Waals surface area contributed by atoms with Gasteiger partial charge >= 0.3 is 0 Å². The van der Waals surface area contributed by atoms with Gasteiger partial charge in [-0.25, -0.2) is 0 Å². The minimum atomic E-state index is -0.168. The van der Waals surface area contributed by atoms with Crippen LogP contribution in [-0.4, -0.2) is 4.57 Å². The summed E-state index contributed by atoms with van der Waals surface area (Å²) < 4.78 is 5.04. The first-order chi connectivity index (χ1) is 29.8. The molecule has 62 heavy (non-hydrogen) atoms. The molecule has 2 nitrogen and oxygen atoms in total. The minimum absolute atomic E-state index is 0.0263. The van der Waals surface area contributed by atoms with Crippen LogP contribution in [0.25, 0.3) is 69.9 Å². The average Bonchev–Trinajstić information content (AvgIpc) is 3.88. The Morgan fingerprint density at radius 3 is 1.81 bits per heavy atom. The first kappa shape index (κ1) is 38.5. The van der Waals surface area contributed by atoms with Gasteiger partial charge in [-0.3, -0.25) is 0 Å². The molecule has 304 valence electrons. The summed E-state index contributed by atoms with van der Waals surface area (Å²) in [7, 11) is 0. The van der Waals surface area contributed by atoms with E-state index in [9.17, 15) is 0 Å². The quantitative estimate of drug-likeness (QED) is 0.168. The highest BCUT2D eigenvalue weighted by molar-refractivity contribution is 7.25. The molecule has 0 amide bonds. The highest BCUT2D eigenvalue weighted by atomic mass is 32.1. The molecule has 1 aliphatic carbocycles. The van der Waals surface area contributed by atoms with Crippen LogP contribution in [0.5, 0.6) is 0 Å². The molecule has 0 saturated heterocycles. The predicted molar refractivity (Wildman–Crippen MR) is 269 cm³/mol. The van der Waals surface area contributed by atoms with Crippen LogP contribution in [-0.2, 0) is 16.2 Å². The monoisotopic (exact) mass is 820 g/mol. The molecular formula is C59H52N2S. The van der Waals surface area contributed by atoms with Crippen LogP contribution in [0.2, 0.25) is 0 Å². The smallest absolute Gasteiger partial charge is 0.0541 e. The van der Waals surface area contributed by atoms with E-state index in [1.54, 1.807) is 0 Å². The fourth-order valence-corrected chi connectivity index (χ4v) is 11.4. The number of aromatic nitrogens is 1. The molecule has 3 heteroatoms. The average molecular weight is 821 g/mol. The third-order valence-electron chi connectivity index (χ3n) is 13.5. The normalized spacial score (nSPS) is 13.6. The molecule has 2 aromatic heterocycles. The van der Waals surface area contributed by atoms with Gasteiger partial charge in [0.2, 0.25) is 0 Å². The Bertz CT molecular complexity index is 3360. The van der Waals surface area contributed by atoms with E-state index in [4.69, 9.17) is 0 Å². The van der Waals surface area contributed by atoms with Crippen molar-refractivity contribution in [3.05, 3.63) is 192 Å². The van der Waals surface area contributed by atoms with E-state index in [0.717, 1.165) is 22.7 Å². The standard InChI is InChI=1S/C59H52N2S/c1-57(2,3)37-33-48(58(4,5)6)56-49(34-37)59(7,8)47-26-18-25-45(55(47)56)43-23-11-13-27-50(43)60(40-31-32-54-46(36-40)44-24-12-16-30-53(44)62-54)38-19-17-20-39(35-38)61-51-28-14-9-21-41(51)42-22-10-15-29-52(42)61/h9-36H,1-8H3. The van der Waals surface area contributed by atoms with Crippen molar-refractivity contribution in [3.63, 3.8) is 0 Å². The summed E-state index contributed by atoms with van der Waals surface area (Å²) in [6.45, 7) is 19.0. The maximum absolute atomic E-state index is 2.52. The number of benzene rings is 8. The molecular weight excluding hydrogens is 769 g/mol. The maximum atomic E-state index is 2.52. The van der Waals surface area contributed by atoms with Gasteiger partial charge in [0.25, 0.3) is 0 Å². The lowest BCUT2D eigenvalue weighted by atomic mass is 9.74. The zero-order valence-electron chi connectivity index (χ0n) is 37.0. The van der Waals surface area contributed by atoms with Crippen LogP contribution >= 0.6 is 11.3 Å². The van der Waals surface area contributed by atoms with Gasteiger partial charge in [-0.15, -0.1) is 11.3 Å². The van der Waals surface area contributed by atoms with Gasteiger partial charge < -0.3 is 9.47 Å². The molecule has 0 fully saturated rings. The van der Waals surface area contributed by atoms with Crippen molar-refractivity contribution in [1.29, 1.82) is 0 Å². The maximum Gasteiger partial charge on any atom is 0.0541 e. The summed E-state index contributed by atoms with van der Waals surface area (Å²) in [6.07, 6.45) is 0. The Kier molecular flexibility index (Phi) is 8.57. The van der Waals surface area contributed by atoms with Crippen molar-refractivity contribution >= 4 is 70.4 Å². The Hall–Kier alpha value is -6.42. The number of para-hydroxylation sites is 3. The molecule has 0 radical (unpaired) electrons. The van der Waals surface area contributed by atoms with Crippen LogP contribution in [0.15, 0.2) is 170 Å². The van der Waals surface area contributed by atoms with E-state index in [2.05, 4.69) is 235 Å². The second-order valence-corrected chi connectivity index (χ2v) is 20.9. The molecule has 0 unspecified atom stereocenters. The van der Waals surface area contributed by atoms with Gasteiger partial charge in [-0.1, -0.05) is 165 Å². The lowest BCUT2D eigenvalue weighted by molar-refractivity contribution is 0.564. The van der Waals surface area contributed by atoms with Gasteiger partial charge in [-0.05, 0) is 110 Å². The third-order valence-corrected chi connectivity index (χ3v) is 14.6. The molecule has 11 rings (SSSR count). The Morgan fingerprint density at radius 2 is 1.08 bits per heavy atom. The van der Waals surface area contributed by atoms with Gasteiger partial charge in [0.15, 0.2) is 0 Å². The van der Waals surface area contributed by atoms with Crippen molar-refractivity contribution in [2.45, 2.75) is 71.6 Å². The first-order valence-electron chi connectivity index (χ1n) is 22.0. The Labute approximate surface area is 369 Å². The fourth-order valence-electron chi connectivity index (χ4n) is 10.3. The topological polar surface area (TPSA) is 8.17 Å². The van der Waals surface area contributed by atoms with Gasteiger partial charge in [-0.2, -0.15) is 0 Å².